The number of methoxy groups -OCH3 is 2. The van der Waals surface area contributed by atoms with E-state index in [-0.39, 0.29) is 52.0 Å². The lowest BCUT2D eigenvalue weighted by molar-refractivity contribution is -0.136. The number of aromatic hydroxyl groups is 1. The molecule has 0 fully saturated rings. The minimum atomic E-state index is -0.736. The van der Waals surface area contributed by atoms with Crippen LogP contribution in [0.25, 0.3) is 17.0 Å². The lowest BCUT2D eigenvalue weighted by atomic mass is 10.1. The molecule has 16 heteroatoms. The average molecular weight is 879 g/mol. The van der Waals surface area contributed by atoms with Crippen molar-refractivity contribution in [3.8, 4) is 11.5 Å². The number of carbonyl (C=O) groups excluding carboxylic acids is 4. The number of furan rings is 1. The molecule has 0 amide bonds. The predicted molar refractivity (Wildman–Crippen MR) is 183 cm³/mol. The number of rotatable bonds is 5. The Bertz CT molecular complexity index is 1890. The number of fused-ring (bicyclic) bond motifs is 2. The summed E-state index contributed by atoms with van der Waals surface area (Å²) in [4.78, 5) is 42.6. The number of phenolic OH excluding ortho intramolecular Hbond substituents is 1. The maximum Gasteiger partial charge on any atom is 0.374 e. The third-order valence-electron chi connectivity index (χ3n) is 5.90. The van der Waals surface area contributed by atoms with Crippen LogP contribution in [0.1, 0.15) is 33.4 Å². The molecule has 0 saturated carbocycles. The van der Waals surface area contributed by atoms with Gasteiger partial charge in [0.25, 0.3) is 0 Å². The third-order valence-corrected chi connectivity index (χ3v) is 7.74. The van der Waals surface area contributed by atoms with E-state index in [4.69, 9.17) is 19.0 Å². The predicted octanol–water partition coefficient (Wildman–Crippen LogP) is 8.50. The number of aldehydes is 1. The molecule has 3 aromatic carbocycles. The van der Waals surface area contributed by atoms with Crippen LogP contribution in [0.2, 0.25) is 0 Å². The molecule has 0 saturated heterocycles. The molecule has 0 spiro atoms. The Morgan fingerprint density at radius 3 is 2.08 bits per heavy atom. The summed E-state index contributed by atoms with van der Waals surface area (Å²) in [6, 6.07) is 10.2. The van der Waals surface area contributed by atoms with Crippen LogP contribution >= 0.6 is 47.8 Å². The topological polar surface area (TPSA) is 139 Å². The number of carbonyl (C=O) groups is 4. The van der Waals surface area contributed by atoms with Gasteiger partial charge in [-0.15, -0.1) is 0 Å². The molecule has 0 radical (unpaired) electrons. The molecule has 0 bridgehead atoms. The van der Waals surface area contributed by atoms with Crippen molar-refractivity contribution in [2.45, 2.75) is 6.92 Å². The van der Waals surface area contributed by atoms with Crippen molar-refractivity contribution in [2.75, 3.05) is 27.4 Å². The number of halogens is 6. The van der Waals surface area contributed by atoms with Crippen molar-refractivity contribution in [2.24, 2.45) is 0 Å². The fraction of sp³-hybridized carbons (Fsp3) is 0.152. The molecule has 1 N–H and O–H groups in total. The Hall–Kier alpha value is -4.41. The highest BCUT2D eigenvalue weighted by atomic mass is 79.9. The van der Waals surface area contributed by atoms with Gasteiger partial charge >= 0.3 is 17.9 Å². The zero-order chi connectivity index (χ0) is 36.8. The molecule has 49 heavy (non-hydrogen) atoms. The van der Waals surface area contributed by atoms with Crippen LogP contribution in [-0.4, -0.2) is 56.7 Å². The Morgan fingerprint density at radius 2 is 1.53 bits per heavy atom. The molecule has 1 aromatic heterocycles. The quantitative estimate of drug-likeness (QED) is 0.0899. The van der Waals surface area contributed by atoms with Gasteiger partial charge in [0.05, 0.1) is 56.3 Å². The molecule has 1 aliphatic rings. The molecule has 0 aliphatic carbocycles. The van der Waals surface area contributed by atoms with Gasteiger partial charge in [0.1, 0.15) is 35.3 Å². The first-order chi connectivity index (χ1) is 23.2. The van der Waals surface area contributed by atoms with Gasteiger partial charge in [0, 0.05) is 12.1 Å². The van der Waals surface area contributed by atoms with E-state index in [0.29, 0.717) is 25.9 Å². The Morgan fingerprint density at radius 1 is 0.918 bits per heavy atom. The fourth-order valence-electron chi connectivity index (χ4n) is 3.53. The van der Waals surface area contributed by atoms with Crippen molar-refractivity contribution in [1.82, 2.24) is 0 Å². The van der Waals surface area contributed by atoms with Gasteiger partial charge in [0.15, 0.2) is 12.1 Å². The first-order valence-corrected chi connectivity index (χ1v) is 15.9. The summed E-state index contributed by atoms with van der Waals surface area (Å²) in [6.07, 6.45) is 2.83. The summed E-state index contributed by atoms with van der Waals surface area (Å²) < 4.78 is 64.9. The molecule has 260 valence electrons. The van der Waals surface area contributed by atoms with E-state index in [2.05, 4.69) is 63.8 Å². The summed E-state index contributed by atoms with van der Waals surface area (Å²) in [7, 11) is 2.58. The van der Waals surface area contributed by atoms with E-state index in [9.17, 15) is 32.3 Å². The van der Waals surface area contributed by atoms with Gasteiger partial charge in [-0.1, -0.05) is 6.58 Å². The molecule has 0 atom stereocenters. The number of phenols is 1. The monoisotopic (exact) mass is 876 g/mol. The van der Waals surface area contributed by atoms with E-state index < -0.39 is 35.4 Å². The lowest BCUT2D eigenvalue weighted by Gasteiger charge is -2.17. The van der Waals surface area contributed by atoms with Crippen LogP contribution in [-0.2, 0) is 23.8 Å². The highest BCUT2D eigenvalue weighted by Crippen LogP contribution is 2.33. The van der Waals surface area contributed by atoms with Crippen molar-refractivity contribution < 1.29 is 60.8 Å². The first-order valence-electron chi connectivity index (χ1n) is 13.5. The molecule has 0 unspecified atom stereocenters. The zero-order valence-corrected chi connectivity index (χ0v) is 30.5. The molecular formula is C33H26Br3F3O10. The Labute approximate surface area is 302 Å². The largest absolute Gasteiger partial charge is 0.507 e. The Balaban J connectivity index is 0.000000239. The number of ether oxygens (including phenoxy) is 4. The second-order valence-corrected chi connectivity index (χ2v) is 11.5. The number of esters is 3. The lowest BCUT2D eigenvalue weighted by Crippen LogP contribution is -2.16. The summed E-state index contributed by atoms with van der Waals surface area (Å²) in [6.45, 7) is 5.20. The third kappa shape index (κ3) is 11.1. The van der Waals surface area contributed by atoms with Crippen LogP contribution in [0, 0.1) is 17.5 Å². The van der Waals surface area contributed by atoms with Crippen LogP contribution < -0.4 is 4.74 Å². The second-order valence-electron chi connectivity index (χ2n) is 8.97. The van der Waals surface area contributed by atoms with Crippen molar-refractivity contribution in [3.05, 3.63) is 108 Å². The number of benzene rings is 3. The fourth-order valence-corrected chi connectivity index (χ4v) is 4.57. The van der Waals surface area contributed by atoms with Crippen molar-refractivity contribution >= 4 is 89.0 Å². The summed E-state index contributed by atoms with van der Waals surface area (Å²) >= 11 is 9.01. The minimum Gasteiger partial charge on any atom is -0.507 e. The molecule has 5 rings (SSSR count). The van der Waals surface area contributed by atoms with Gasteiger partial charge in [-0.05, 0) is 97.2 Å². The van der Waals surface area contributed by atoms with E-state index in [1.807, 2.05) is 0 Å². The summed E-state index contributed by atoms with van der Waals surface area (Å²) in [5.41, 5.74) is 0.566. The van der Waals surface area contributed by atoms with Gasteiger partial charge in [-0.25, -0.2) is 27.6 Å². The van der Waals surface area contributed by atoms with Gasteiger partial charge in [0.2, 0.25) is 5.76 Å². The molecule has 2 heterocycles. The van der Waals surface area contributed by atoms with E-state index in [1.165, 1.54) is 44.6 Å². The van der Waals surface area contributed by atoms with Gasteiger partial charge < -0.3 is 28.5 Å². The molecule has 1 aliphatic heterocycles. The van der Waals surface area contributed by atoms with Crippen LogP contribution in [0.15, 0.2) is 78.5 Å². The number of hydrogen-bond acceptors (Lipinski definition) is 10. The van der Waals surface area contributed by atoms with E-state index in [0.717, 1.165) is 6.08 Å². The normalized spacial score (nSPS) is 10.9. The van der Waals surface area contributed by atoms with Gasteiger partial charge in [-0.3, -0.25) is 4.79 Å². The Kier molecular flexibility index (Phi) is 16.3. The van der Waals surface area contributed by atoms with E-state index in [1.54, 1.807) is 25.1 Å². The zero-order valence-electron chi connectivity index (χ0n) is 25.8. The van der Waals surface area contributed by atoms with Crippen molar-refractivity contribution in [3.63, 3.8) is 0 Å². The van der Waals surface area contributed by atoms with Crippen LogP contribution in [0.3, 0.4) is 0 Å². The standard InChI is InChI=1S/2C11H8BrFO3.C7H4BrFO2.C4H6O2/c1-15-11(14)6-4-7-9(16-5-6)3-2-8(12)10(7)13;1-2-15-11(14)9-5-6-8(16-9)4-3-7(12)10(6)13;8-5-1-2-6(11)4(3-10)7(5)9;1-3-4(5)6-2/h2-4H,5H2,1H3;3-5H,2H2,1H3;1-3,11H;3H,1H2,2H3. The maximum absolute atomic E-state index is 13.7. The molecule has 10 nitrogen and oxygen atoms in total. The van der Waals surface area contributed by atoms with Crippen LogP contribution in [0.4, 0.5) is 13.2 Å². The SMILES string of the molecule is C=CC(=O)OC.CCOC(=O)c1cc2c(F)c(Br)ccc2o1.COC(=O)C1=Cc2c(ccc(Br)c2F)OC1.O=Cc1c(O)ccc(Br)c1F. The summed E-state index contributed by atoms with van der Waals surface area (Å²) in [5, 5.41) is 9.19. The second kappa shape index (κ2) is 19.6. The van der Waals surface area contributed by atoms with Gasteiger partial charge in [-0.2, -0.15) is 0 Å². The molecular weight excluding hydrogens is 853 g/mol. The minimum absolute atomic E-state index is 0.00819. The maximum atomic E-state index is 13.7. The highest BCUT2D eigenvalue weighted by Gasteiger charge is 2.21. The summed E-state index contributed by atoms with van der Waals surface area (Å²) in [5.74, 6) is -3.03. The average Bonchev–Trinajstić information content (AvgIpc) is 3.56. The smallest absolute Gasteiger partial charge is 0.374 e. The van der Waals surface area contributed by atoms with Crippen molar-refractivity contribution in [1.29, 1.82) is 0 Å². The van der Waals surface area contributed by atoms with Crippen LogP contribution in [0.5, 0.6) is 11.5 Å². The molecule has 4 aromatic rings. The number of hydrogen-bond donors (Lipinski definition) is 1. The first kappa shape index (κ1) is 40.8. The highest BCUT2D eigenvalue weighted by molar-refractivity contribution is 9.11. The van der Waals surface area contributed by atoms with E-state index >= 15 is 0 Å².